The van der Waals surface area contributed by atoms with Gasteiger partial charge in [0.15, 0.2) is 0 Å². The molecule has 5 heteroatoms. The summed E-state index contributed by atoms with van der Waals surface area (Å²) in [6, 6.07) is 0.128. The molecule has 108 valence electrons. The molecule has 1 aliphatic heterocycles. The molecule has 19 heavy (non-hydrogen) atoms. The number of hydrogen-bond acceptors (Lipinski definition) is 3. The molecule has 5 nitrogen and oxygen atoms in total. The van der Waals surface area contributed by atoms with Gasteiger partial charge in [0.1, 0.15) is 6.04 Å². The van der Waals surface area contributed by atoms with Crippen LogP contribution in [0.1, 0.15) is 45.4 Å². The largest absolute Gasteiger partial charge is 0.352 e. The van der Waals surface area contributed by atoms with Gasteiger partial charge < -0.3 is 16.0 Å². The third kappa shape index (κ3) is 3.93. The van der Waals surface area contributed by atoms with Gasteiger partial charge in [-0.2, -0.15) is 0 Å². The van der Waals surface area contributed by atoms with Crippen LogP contribution in [-0.2, 0) is 9.59 Å². The second-order valence-corrected chi connectivity index (χ2v) is 5.91. The fraction of sp³-hybridized carbons (Fsp3) is 0.857. The molecule has 0 spiro atoms. The molecule has 0 aromatic heterocycles. The van der Waals surface area contributed by atoms with Gasteiger partial charge in [0.05, 0.1) is 0 Å². The van der Waals surface area contributed by atoms with Crippen molar-refractivity contribution in [3.05, 3.63) is 0 Å². The standard InChI is InChI=1S/C14H25N3O2/c1-10(9-15)4-7-13(18)17-8-2-3-12(17)14(19)16-11-5-6-11/h10-12H,2-9,15H2,1H3,(H,16,19). The first-order valence-electron chi connectivity index (χ1n) is 7.41. The van der Waals surface area contributed by atoms with Crippen molar-refractivity contribution >= 4 is 11.8 Å². The maximum Gasteiger partial charge on any atom is 0.243 e. The van der Waals surface area contributed by atoms with E-state index in [9.17, 15) is 9.59 Å². The van der Waals surface area contributed by atoms with Crippen molar-refractivity contribution in [2.45, 2.75) is 57.5 Å². The Kier molecular flexibility index (Phi) is 4.80. The van der Waals surface area contributed by atoms with Crippen molar-refractivity contribution in [3.63, 3.8) is 0 Å². The summed E-state index contributed by atoms with van der Waals surface area (Å²) in [6.07, 6.45) is 5.22. The minimum absolute atomic E-state index is 0.0419. The quantitative estimate of drug-likeness (QED) is 0.741. The Bertz CT molecular complexity index is 342. The number of nitrogens with one attached hydrogen (secondary N) is 1. The highest BCUT2D eigenvalue weighted by atomic mass is 16.2. The molecule has 2 rings (SSSR count). The number of nitrogens with two attached hydrogens (primary N) is 1. The zero-order valence-electron chi connectivity index (χ0n) is 11.7. The van der Waals surface area contributed by atoms with Crippen molar-refractivity contribution in [3.8, 4) is 0 Å². The molecule has 3 N–H and O–H groups in total. The summed E-state index contributed by atoms with van der Waals surface area (Å²) in [5, 5.41) is 3.00. The van der Waals surface area contributed by atoms with Gasteiger partial charge in [-0.05, 0) is 44.6 Å². The van der Waals surface area contributed by atoms with Crippen LogP contribution in [0.5, 0.6) is 0 Å². The molecule has 0 radical (unpaired) electrons. The second-order valence-electron chi connectivity index (χ2n) is 5.91. The van der Waals surface area contributed by atoms with Gasteiger partial charge in [-0.1, -0.05) is 6.92 Å². The highest BCUT2D eigenvalue weighted by molar-refractivity contribution is 5.88. The van der Waals surface area contributed by atoms with Crippen LogP contribution in [0.3, 0.4) is 0 Å². The van der Waals surface area contributed by atoms with Crippen LogP contribution in [0.2, 0.25) is 0 Å². The van der Waals surface area contributed by atoms with Crippen LogP contribution in [-0.4, -0.2) is 41.9 Å². The zero-order chi connectivity index (χ0) is 13.8. The van der Waals surface area contributed by atoms with E-state index in [0.29, 0.717) is 24.9 Å². The van der Waals surface area contributed by atoms with Crippen LogP contribution in [0.15, 0.2) is 0 Å². The molecule has 0 bridgehead atoms. The lowest BCUT2D eigenvalue weighted by Gasteiger charge is -2.24. The average molecular weight is 267 g/mol. The van der Waals surface area contributed by atoms with E-state index in [4.69, 9.17) is 5.73 Å². The maximum absolute atomic E-state index is 12.2. The van der Waals surface area contributed by atoms with Crippen molar-refractivity contribution in [1.82, 2.24) is 10.2 Å². The molecule has 1 saturated carbocycles. The lowest BCUT2D eigenvalue weighted by atomic mass is 10.1. The van der Waals surface area contributed by atoms with Crippen molar-refractivity contribution in [2.75, 3.05) is 13.1 Å². The van der Waals surface area contributed by atoms with E-state index in [1.165, 1.54) is 0 Å². The number of rotatable bonds is 6. The molecule has 2 aliphatic rings. The third-order valence-corrected chi connectivity index (χ3v) is 4.05. The molecule has 1 saturated heterocycles. The second kappa shape index (κ2) is 6.37. The van der Waals surface area contributed by atoms with E-state index in [2.05, 4.69) is 12.2 Å². The van der Waals surface area contributed by atoms with E-state index in [1.54, 1.807) is 4.90 Å². The molecule has 1 aliphatic carbocycles. The summed E-state index contributed by atoms with van der Waals surface area (Å²) < 4.78 is 0. The first kappa shape index (κ1) is 14.3. The summed E-state index contributed by atoms with van der Waals surface area (Å²) in [4.78, 5) is 26.0. The van der Waals surface area contributed by atoms with E-state index >= 15 is 0 Å². The predicted octanol–water partition coefficient (Wildman–Crippen LogP) is 0.631. The molecule has 0 aromatic rings. The first-order chi connectivity index (χ1) is 9.11. The van der Waals surface area contributed by atoms with Gasteiger partial charge in [0, 0.05) is 19.0 Å². The van der Waals surface area contributed by atoms with E-state index in [1.807, 2.05) is 0 Å². The highest BCUT2D eigenvalue weighted by Gasteiger charge is 2.36. The van der Waals surface area contributed by atoms with Crippen LogP contribution >= 0.6 is 0 Å². The van der Waals surface area contributed by atoms with Crippen molar-refractivity contribution < 1.29 is 9.59 Å². The fourth-order valence-corrected chi connectivity index (χ4v) is 2.49. The van der Waals surface area contributed by atoms with Gasteiger partial charge in [-0.15, -0.1) is 0 Å². The van der Waals surface area contributed by atoms with Gasteiger partial charge in [0.2, 0.25) is 11.8 Å². The normalized spacial score (nSPS) is 24.3. The monoisotopic (exact) mass is 267 g/mol. The Morgan fingerprint density at radius 1 is 1.37 bits per heavy atom. The number of carbonyl (C=O) groups excluding carboxylic acids is 2. The molecule has 2 amide bonds. The van der Waals surface area contributed by atoms with Crippen LogP contribution < -0.4 is 11.1 Å². The van der Waals surface area contributed by atoms with Crippen molar-refractivity contribution in [2.24, 2.45) is 11.7 Å². The molecule has 2 atom stereocenters. The summed E-state index contributed by atoms with van der Waals surface area (Å²) in [6.45, 7) is 3.38. The lowest BCUT2D eigenvalue weighted by molar-refractivity contribution is -0.138. The molecule has 1 heterocycles. The van der Waals surface area contributed by atoms with Crippen molar-refractivity contribution in [1.29, 1.82) is 0 Å². The van der Waals surface area contributed by atoms with E-state index < -0.39 is 0 Å². The highest BCUT2D eigenvalue weighted by Crippen LogP contribution is 2.23. The average Bonchev–Trinajstić information content (AvgIpc) is 3.08. The Balaban J connectivity index is 1.82. The topological polar surface area (TPSA) is 75.4 Å². The van der Waals surface area contributed by atoms with Crippen LogP contribution in [0.4, 0.5) is 0 Å². The third-order valence-electron chi connectivity index (χ3n) is 4.05. The van der Waals surface area contributed by atoms with Gasteiger partial charge >= 0.3 is 0 Å². The predicted molar refractivity (Wildman–Crippen MR) is 73.4 cm³/mol. The number of hydrogen-bond donors (Lipinski definition) is 2. The summed E-state index contributed by atoms with van der Waals surface area (Å²) in [5.74, 6) is 0.513. The minimum atomic E-state index is -0.235. The van der Waals surface area contributed by atoms with Crippen LogP contribution in [0.25, 0.3) is 0 Å². The first-order valence-corrected chi connectivity index (χ1v) is 7.41. The summed E-state index contributed by atoms with van der Waals surface area (Å²) in [7, 11) is 0. The Morgan fingerprint density at radius 2 is 2.11 bits per heavy atom. The van der Waals surface area contributed by atoms with Crippen LogP contribution in [0, 0.1) is 5.92 Å². The summed E-state index contributed by atoms with van der Waals surface area (Å²) >= 11 is 0. The van der Waals surface area contributed by atoms with E-state index in [-0.39, 0.29) is 17.9 Å². The maximum atomic E-state index is 12.2. The minimum Gasteiger partial charge on any atom is -0.352 e. The Morgan fingerprint density at radius 3 is 2.74 bits per heavy atom. The molecular formula is C14H25N3O2. The zero-order valence-corrected chi connectivity index (χ0v) is 11.7. The number of carbonyl (C=O) groups is 2. The van der Waals surface area contributed by atoms with Gasteiger partial charge in [-0.25, -0.2) is 0 Å². The molecule has 2 unspecified atom stereocenters. The number of nitrogens with zero attached hydrogens (tertiary/aromatic N) is 1. The number of likely N-dealkylation sites (tertiary alicyclic amines) is 1. The Hall–Kier alpha value is -1.10. The smallest absolute Gasteiger partial charge is 0.243 e. The molecule has 0 aromatic carbocycles. The lowest BCUT2D eigenvalue weighted by Crippen LogP contribution is -2.46. The fourth-order valence-electron chi connectivity index (χ4n) is 2.49. The SMILES string of the molecule is CC(CN)CCC(=O)N1CCCC1C(=O)NC1CC1. The molecule has 2 fully saturated rings. The van der Waals surface area contributed by atoms with Gasteiger partial charge in [0.25, 0.3) is 0 Å². The van der Waals surface area contributed by atoms with Gasteiger partial charge in [-0.3, -0.25) is 9.59 Å². The number of amides is 2. The van der Waals surface area contributed by atoms with E-state index in [0.717, 1.165) is 38.6 Å². The summed E-state index contributed by atoms with van der Waals surface area (Å²) in [5.41, 5.74) is 5.56. The Labute approximate surface area is 114 Å². The molecular weight excluding hydrogens is 242 g/mol.